The Balaban J connectivity index is 1.66. The third kappa shape index (κ3) is 7.80. The van der Waals surface area contributed by atoms with Gasteiger partial charge in [0.25, 0.3) is 0 Å². The number of benzene rings is 5. The number of halogens is 2. The average Bonchev–Trinajstić information content (AvgIpc) is 3.43. The lowest BCUT2D eigenvalue weighted by molar-refractivity contribution is 0.589. The van der Waals surface area contributed by atoms with Crippen molar-refractivity contribution in [1.29, 1.82) is 0 Å². The van der Waals surface area contributed by atoms with Gasteiger partial charge in [-0.2, -0.15) is 0 Å². The first-order chi connectivity index (χ1) is 24.9. The van der Waals surface area contributed by atoms with Crippen LogP contribution in [0.15, 0.2) is 95.5 Å². The predicted molar refractivity (Wildman–Crippen MR) is 238 cm³/mol. The van der Waals surface area contributed by atoms with Gasteiger partial charge in [0.05, 0.1) is 26.9 Å². The highest BCUT2D eigenvalue weighted by atomic mass is 79.9. The molecule has 0 unspecified atom stereocenters. The number of aromatic nitrogens is 2. The molecule has 6 aromatic rings. The normalized spacial score (nSPS) is 12.8. The fourth-order valence-corrected chi connectivity index (χ4v) is 8.03. The van der Waals surface area contributed by atoms with Gasteiger partial charge < -0.3 is 4.90 Å². The maximum Gasteiger partial charge on any atom is 0.146 e. The molecule has 0 spiro atoms. The number of imidazole rings is 1. The van der Waals surface area contributed by atoms with Crippen molar-refractivity contribution in [2.24, 2.45) is 0 Å². The van der Waals surface area contributed by atoms with Crippen molar-refractivity contribution < 1.29 is 0 Å². The molecule has 1 heterocycles. The van der Waals surface area contributed by atoms with Crippen molar-refractivity contribution in [1.82, 2.24) is 9.55 Å². The van der Waals surface area contributed by atoms with E-state index in [0.29, 0.717) is 5.02 Å². The van der Waals surface area contributed by atoms with E-state index in [0.717, 1.165) is 49.6 Å². The van der Waals surface area contributed by atoms with Crippen LogP contribution in [0.1, 0.15) is 116 Å². The Bertz CT molecular complexity index is 2260. The molecule has 3 nitrogen and oxygen atoms in total. The molecule has 0 radical (unpaired) electrons. The van der Waals surface area contributed by atoms with Crippen LogP contribution in [0, 0.1) is 13.8 Å². The van der Waals surface area contributed by atoms with Gasteiger partial charge in [0.2, 0.25) is 0 Å². The van der Waals surface area contributed by atoms with Crippen LogP contribution in [0.5, 0.6) is 0 Å². The lowest BCUT2D eigenvalue weighted by Gasteiger charge is -2.30. The summed E-state index contributed by atoms with van der Waals surface area (Å²) in [5.74, 6) is 0.899. The van der Waals surface area contributed by atoms with E-state index in [2.05, 4.69) is 213 Å². The second-order valence-corrected chi connectivity index (χ2v) is 20.4. The Kier molecular flexibility index (Phi) is 10.3. The largest absolute Gasteiger partial charge is 0.309 e. The molecule has 6 rings (SSSR count). The molecule has 5 aromatic carbocycles. The molecule has 0 aliphatic rings. The Labute approximate surface area is 337 Å². The van der Waals surface area contributed by atoms with Gasteiger partial charge in [-0.1, -0.05) is 137 Å². The van der Waals surface area contributed by atoms with Crippen LogP contribution in [0.25, 0.3) is 28.1 Å². The van der Waals surface area contributed by atoms with Crippen molar-refractivity contribution in [3.8, 4) is 17.1 Å². The lowest BCUT2D eigenvalue weighted by Crippen LogP contribution is -2.15. The van der Waals surface area contributed by atoms with E-state index < -0.39 is 0 Å². The minimum atomic E-state index is -0.0201. The second kappa shape index (κ2) is 14.0. The summed E-state index contributed by atoms with van der Waals surface area (Å²) < 4.78 is 3.23. The quantitative estimate of drug-likeness (QED) is 0.173. The molecular weight excluding hydrogens is 746 g/mol. The fourth-order valence-electron chi connectivity index (χ4n) is 7.24. The number of nitrogens with zero attached hydrogens (tertiary/aromatic N) is 3. The van der Waals surface area contributed by atoms with Gasteiger partial charge in [-0.15, -0.1) is 0 Å². The minimum Gasteiger partial charge on any atom is -0.309 e. The molecular formula is C49H57BrClN3. The number of rotatable bonds is 5. The van der Waals surface area contributed by atoms with E-state index in [-0.39, 0.29) is 21.7 Å². The average molecular weight is 803 g/mol. The smallest absolute Gasteiger partial charge is 0.146 e. The maximum absolute atomic E-state index is 7.21. The van der Waals surface area contributed by atoms with Gasteiger partial charge in [-0.3, -0.25) is 4.57 Å². The van der Waals surface area contributed by atoms with Gasteiger partial charge in [0.15, 0.2) is 0 Å². The molecule has 0 aliphatic carbocycles. The minimum absolute atomic E-state index is 0.0201. The van der Waals surface area contributed by atoms with Gasteiger partial charge in [0.1, 0.15) is 5.82 Å². The standard InChI is InChI=1S/C49H57BrClN3/c1-30-25-35(49(12,13)14)26-31(2)43(30)45-52-39-27-34(48(9,10)11)19-24-40(39)54(45)42-29-36(51)28-41(44(42)50)53(37-20-15-32(16-21-37)46(3,4)5)38-22-17-33(18-23-38)47(6,7)8/h15-29H,1-14H3. The summed E-state index contributed by atoms with van der Waals surface area (Å²) in [5.41, 5.74) is 14.7. The van der Waals surface area contributed by atoms with Crippen molar-refractivity contribution >= 4 is 55.6 Å². The van der Waals surface area contributed by atoms with E-state index in [1.54, 1.807) is 0 Å². The number of hydrogen-bond donors (Lipinski definition) is 0. The summed E-state index contributed by atoms with van der Waals surface area (Å²) in [5, 5.41) is 0.640. The zero-order valence-electron chi connectivity index (χ0n) is 34.8. The molecule has 54 heavy (non-hydrogen) atoms. The van der Waals surface area contributed by atoms with Crippen LogP contribution in [0.2, 0.25) is 5.02 Å². The molecule has 0 aliphatic heterocycles. The molecule has 0 saturated carbocycles. The van der Waals surface area contributed by atoms with Crippen molar-refractivity contribution in [2.75, 3.05) is 4.90 Å². The molecule has 0 bridgehead atoms. The monoisotopic (exact) mass is 801 g/mol. The molecule has 0 fully saturated rings. The van der Waals surface area contributed by atoms with Crippen molar-refractivity contribution in [3.63, 3.8) is 0 Å². The highest BCUT2D eigenvalue weighted by Gasteiger charge is 2.27. The van der Waals surface area contributed by atoms with Crippen LogP contribution in [-0.2, 0) is 21.7 Å². The summed E-state index contributed by atoms with van der Waals surface area (Å²) in [6.07, 6.45) is 0. The molecule has 0 amide bonds. The fraction of sp³-hybridized carbons (Fsp3) is 0.367. The van der Waals surface area contributed by atoms with Gasteiger partial charge in [-0.25, -0.2) is 4.98 Å². The lowest BCUT2D eigenvalue weighted by atomic mass is 9.83. The van der Waals surface area contributed by atoms with Gasteiger partial charge in [-0.05, 0) is 133 Å². The topological polar surface area (TPSA) is 21.1 Å². The molecule has 282 valence electrons. The number of hydrogen-bond acceptors (Lipinski definition) is 2. The first kappa shape index (κ1) is 39.8. The van der Waals surface area contributed by atoms with E-state index in [1.165, 1.54) is 33.4 Å². The van der Waals surface area contributed by atoms with Crippen LogP contribution >= 0.6 is 27.5 Å². The van der Waals surface area contributed by atoms with Crippen LogP contribution in [0.4, 0.5) is 17.1 Å². The Morgan fingerprint density at radius 3 is 1.44 bits per heavy atom. The molecule has 1 aromatic heterocycles. The molecule has 0 saturated heterocycles. The van der Waals surface area contributed by atoms with Crippen LogP contribution < -0.4 is 4.90 Å². The van der Waals surface area contributed by atoms with Gasteiger partial charge >= 0.3 is 0 Å². The number of anilines is 3. The van der Waals surface area contributed by atoms with Crippen LogP contribution in [0.3, 0.4) is 0 Å². The van der Waals surface area contributed by atoms with Crippen LogP contribution in [-0.4, -0.2) is 9.55 Å². The van der Waals surface area contributed by atoms with E-state index in [4.69, 9.17) is 16.6 Å². The second-order valence-electron chi connectivity index (χ2n) is 19.1. The highest BCUT2D eigenvalue weighted by molar-refractivity contribution is 9.10. The Morgan fingerprint density at radius 2 is 1.00 bits per heavy atom. The highest BCUT2D eigenvalue weighted by Crippen LogP contribution is 2.46. The maximum atomic E-state index is 7.21. The summed E-state index contributed by atoms with van der Waals surface area (Å²) in [7, 11) is 0. The summed E-state index contributed by atoms with van der Waals surface area (Å²) in [4.78, 5) is 7.77. The van der Waals surface area contributed by atoms with E-state index >= 15 is 0 Å². The molecule has 0 N–H and O–H groups in total. The van der Waals surface area contributed by atoms with Crippen molar-refractivity contribution in [2.45, 2.75) is 119 Å². The number of fused-ring (bicyclic) bond motifs is 1. The Morgan fingerprint density at radius 1 is 0.556 bits per heavy atom. The summed E-state index contributed by atoms with van der Waals surface area (Å²) >= 11 is 11.4. The molecule has 5 heteroatoms. The summed E-state index contributed by atoms with van der Waals surface area (Å²) in [6, 6.07) is 33.4. The van der Waals surface area contributed by atoms with E-state index in [9.17, 15) is 0 Å². The zero-order valence-corrected chi connectivity index (χ0v) is 37.1. The summed E-state index contributed by atoms with van der Waals surface area (Å²) in [6.45, 7) is 31.5. The molecule has 0 atom stereocenters. The third-order valence-electron chi connectivity index (χ3n) is 10.6. The first-order valence-electron chi connectivity index (χ1n) is 19.1. The SMILES string of the molecule is Cc1cc(C(C)(C)C)cc(C)c1-c1nc2cc(C(C)(C)C)ccc2n1-c1cc(Cl)cc(N(c2ccc(C(C)(C)C)cc2)c2ccc(C(C)(C)C)cc2)c1Br. The van der Waals surface area contributed by atoms with Crippen molar-refractivity contribution in [3.05, 3.63) is 134 Å². The van der Waals surface area contributed by atoms with Gasteiger partial charge in [0, 0.05) is 22.0 Å². The Hall–Kier alpha value is -3.86. The predicted octanol–water partition coefficient (Wildman–Crippen LogP) is 15.4. The first-order valence-corrected chi connectivity index (χ1v) is 20.3. The van der Waals surface area contributed by atoms with E-state index in [1.807, 2.05) is 0 Å². The zero-order chi connectivity index (χ0) is 39.7. The number of aryl methyl sites for hydroxylation is 2. The third-order valence-corrected chi connectivity index (χ3v) is 11.6.